The van der Waals surface area contributed by atoms with E-state index in [0.717, 1.165) is 6.08 Å². The summed E-state index contributed by atoms with van der Waals surface area (Å²) in [6.07, 6.45) is 1.25. The molecule has 0 spiro atoms. The van der Waals surface area contributed by atoms with Crippen molar-refractivity contribution in [2.24, 2.45) is 0 Å². The predicted octanol–water partition coefficient (Wildman–Crippen LogP) is 0.868. The van der Waals surface area contributed by atoms with Gasteiger partial charge in [0.05, 0.1) is 12.9 Å². The largest absolute Gasteiger partial charge is 0.326 e. The van der Waals surface area contributed by atoms with Gasteiger partial charge in [-0.1, -0.05) is 0 Å². The zero-order chi connectivity index (χ0) is 6.41. The van der Waals surface area contributed by atoms with Gasteiger partial charge in [-0.05, 0) is 6.08 Å². The predicted molar refractivity (Wildman–Crippen MR) is 27.4 cm³/mol. The van der Waals surface area contributed by atoms with E-state index in [0.29, 0.717) is 0 Å². The van der Waals surface area contributed by atoms with E-state index in [4.69, 9.17) is 4.89 Å². The third-order valence-corrected chi connectivity index (χ3v) is 0.806. The van der Waals surface area contributed by atoms with Crippen molar-refractivity contribution in [2.45, 2.75) is 0 Å². The van der Waals surface area contributed by atoms with Crippen LogP contribution in [0.2, 0.25) is 0 Å². The molecule has 0 aliphatic carbocycles. The van der Waals surface area contributed by atoms with Gasteiger partial charge >= 0.3 is 8.25 Å². The first kappa shape index (κ1) is 7.82. The van der Waals surface area contributed by atoms with Crippen LogP contribution in [0.4, 0.5) is 4.39 Å². The quantitative estimate of drug-likeness (QED) is 0.591. The second-order valence-corrected chi connectivity index (χ2v) is 1.76. The smallest absolute Gasteiger partial charge is 0.316 e. The summed E-state index contributed by atoms with van der Waals surface area (Å²) in [4.78, 5) is 7.95. The van der Waals surface area contributed by atoms with Gasteiger partial charge < -0.3 is 9.42 Å². The van der Waals surface area contributed by atoms with E-state index in [1.165, 1.54) is 0 Å². The molecule has 0 aromatic carbocycles. The minimum Gasteiger partial charge on any atom is -0.326 e. The molecule has 8 heavy (non-hydrogen) atoms. The lowest BCUT2D eigenvalue weighted by Crippen LogP contribution is -1.76. The number of rotatable bonds is 3. The molecule has 48 valence electrons. The normalized spacial score (nSPS) is 14.8. The Labute approximate surface area is 46.7 Å². The molecular weight excluding hydrogens is 134 g/mol. The maximum atomic E-state index is 11.0. The summed E-state index contributed by atoms with van der Waals surface area (Å²) in [6, 6.07) is 0. The highest BCUT2D eigenvalue weighted by molar-refractivity contribution is 7.32. The Balaban J connectivity index is 3.05. The maximum absolute atomic E-state index is 11.0. The molecule has 1 N–H and O–H groups in total. The Kier molecular flexibility index (Phi) is 4.85. The van der Waals surface area contributed by atoms with Crippen molar-refractivity contribution in [3.63, 3.8) is 0 Å². The molecule has 0 aliphatic rings. The van der Waals surface area contributed by atoms with Gasteiger partial charge in [0.2, 0.25) is 0 Å². The second-order valence-electron chi connectivity index (χ2n) is 0.939. The number of hydrogen-bond donors (Lipinski definition) is 1. The van der Waals surface area contributed by atoms with E-state index in [-0.39, 0.29) is 12.9 Å². The lowest BCUT2D eigenvalue weighted by molar-refractivity contribution is 0.311. The molecule has 3 nitrogen and oxygen atoms in total. The number of hydrogen-bond acceptors (Lipinski definition) is 2. The third-order valence-electron chi connectivity index (χ3n) is 0.392. The van der Waals surface area contributed by atoms with Crippen LogP contribution in [0.25, 0.3) is 0 Å². The maximum Gasteiger partial charge on any atom is 0.316 e. The van der Waals surface area contributed by atoms with Crippen molar-refractivity contribution in [1.82, 2.24) is 0 Å². The highest BCUT2D eigenvalue weighted by Gasteiger charge is 1.84. The SMILES string of the molecule is O=[PH](O)OCC=CF. The topological polar surface area (TPSA) is 46.5 Å². The van der Waals surface area contributed by atoms with Crippen LogP contribution in [0.3, 0.4) is 0 Å². The van der Waals surface area contributed by atoms with Crippen LogP contribution in [0.5, 0.6) is 0 Å². The Morgan fingerprint density at radius 3 is 2.88 bits per heavy atom. The molecule has 0 fully saturated rings. The Hall–Kier alpha value is -0.180. The minimum absolute atomic E-state index is 0.148. The fourth-order valence-corrected chi connectivity index (χ4v) is 0.395. The fraction of sp³-hybridized carbons (Fsp3) is 0.333. The molecule has 0 rings (SSSR count). The Bertz CT molecular complexity index is 103. The molecule has 0 amide bonds. The molecule has 0 aliphatic heterocycles. The molecule has 5 heteroatoms. The van der Waals surface area contributed by atoms with E-state index in [1.807, 2.05) is 0 Å². The molecule has 0 radical (unpaired) electrons. The van der Waals surface area contributed by atoms with Gasteiger partial charge in [-0.3, -0.25) is 4.57 Å². The van der Waals surface area contributed by atoms with Gasteiger partial charge in [0.15, 0.2) is 0 Å². The van der Waals surface area contributed by atoms with Crippen LogP contribution in [-0.2, 0) is 9.09 Å². The van der Waals surface area contributed by atoms with Gasteiger partial charge in [-0.2, -0.15) is 0 Å². The summed E-state index contributed by atoms with van der Waals surface area (Å²) in [5, 5.41) is 0. The standard InChI is InChI=1S/C3H6FO3P/c4-2-1-3-7-8(5)6/h1-2,8H,3H2,(H,5,6). The average molecular weight is 140 g/mol. The van der Waals surface area contributed by atoms with Crippen LogP contribution >= 0.6 is 8.25 Å². The van der Waals surface area contributed by atoms with Crippen molar-refractivity contribution in [1.29, 1.82) is 0 Å². The highest BCUT2D eigenvalue weighted by atomic mass is 31.1. The molecule has 1 atom stereocenters. The van der Waals surface area contributed by atoms with E-state index in [1.54, 1.807) is 0 Å². The first-order valence-corrected chi connectivity index (χ1v) is 3.14. The van der Waals surface area contributed by atoms with Crippen molar-refractivity contribution in [2.75, 3.05) is 6.61 Å². The second kappa shape index (κ2) is 4.97. The van der Waals surface area contributed by atoms with Crippen molar-refractivity contribution in [3.05, 3.63) is 12.4 Å². The lowest BCUT2D eigenvalue weighted by atomic mass is 10.7. The zero-order valence-corrected chi connectivity index (χ0v) is 5.00. The summed E-state index contributed by atoms with van der Waals surface area (Å²) < 4.78 is 24.7. The first-order chi connectivity index (χ1) is 3.77. The summed E-state index contributed by atoms with van der Waals surface area (Å²) in [5.41, 5.74) is 0. The Morgan fingerprint density at radius 1 is 1.88 bits per heavy atom. The summed E-state index contributed by atoms with van der Waals surface area (Å²) in [5.74, 6) is 0. The molecule has 0 aromatic rings. The van der Waals surface area contributed by atoms with Crippen LogP contribution < -0.4 is 0 Å². The van der Waals surface area contributed by atoms with Crippen LogP contribution in [0.15, 0.2) is 12.4 Å². The van der Waals surface area contributed by atoms with Gasteiger partial charge in [-0.25, -0.2) is 4.39 Å². The van der Waals surface area contributed by atoms with Crippen LogP contribution in [-0.4, -0.2) is 11.5 Å². The molecule has 0 bridgehead atoms. The van der Waals surface area contributed by atoms with Crippen LogP contribution in [0, 0.1) is 0 Å². The minimum atomic E-state index is -2.88. The van der Waals surface area contributed by atoms with E-state index in [9.17, 15) is 8.96 Å². The highest BCUT2D eigenvalue weighted by Crippen LogP contribution is 2.12. The number of halogens is 1. The molecule has 0 aromatic heterocycles. The van der Waals surface area contributed by atoms with E-state index >= 15 is 0 Å². The molecule has 0 saturated carbocycles. The molecule has 0 heterocycles. The van der Waals surface area contributed by atoms with Gasteiger partial charge in [-0.15, -0.1) is 0 Å². The summed E-state index contributed by atoms with van der Waals surface area (Å²) in [7, 11) is -2.88. The molecular formula is C3H6FO3P. The third kappa shape index (κ3) is 5.82. The fourth-order valence-electron chi connectivity index (χ4n) is 0.156. The van der Waals surface area contributed by atoms with Crippen molar-refractivity contribution < 1.29 is 18.4 Å². The van der Waals surface area contributed by atoms with Crippen molar-refractivity contribution in [3.8, 4) is 0 Å². The molecule has 1 unspecified atom stereocenters. The monoisotopic (exact) mass is 140 g/mol. The summed E-state index contributed by atoms with van der Waals surface area (Å²) in [6.45, 7) is -0.148. The van der Waals surface area contributed by atoms with E-state index < -0.39 is 8.25 Å². The zero-order valence-electron chi connectivity index (χ0n) is 4.00. The average Bonchev–Trinajstić information content (AvgIpc) is 1.66. The van der Waals surface area contributed by atoms with Gasteiger partial charge in [0.1, 0.15) is 0 Å². The first-order valence-electron chi connectivity index (χ1n) is 1.88. The van der Waals surface area contributed by atoms with Gasteiger partial charge in [0, 0.05) is 0 Å². The van der Waals surface area contributed by atoms with Crippen LogP contribution in [0.1, 0.15) is 0 Å². The summed E-state index contributed by atoms with van der Waals surface area (Å²) >= 11 is 0. The van der Waals surface area contributed by atoms with Crippen molar-refractivity contribution >= 4 is 8.25 Å². The van der Waals surface area contributed by atoms with Gasteiger partial charge in [0.25, 0.3) is 0 Å². The van der Waals surface area contributed by atoms with E-state index in [2.05, 4.69) is 4.52 Å². The molecule has 0 saturated heterocycles. The Morgan fingerprint density at radius 2 is 2.50 bits per heavy atom. The lowest BCUT2D eigenvalue weighted by Gasteiger charge is -1.88.